The Kier molecular flexibility index (Phi) is 6.97. The zero-order valence-corrected chi connectivity index (χ0v) is 20.3. The molecule has 0 radical (unpaired) electrons. The molecule has 0 atom stereocenters. The Morgan fingerprint density at radius 3 is 2.50 bits per heavy atom. The number of para-hydroxylation sites is 1. The van der Waals surface area contributed by atoms with Crippen molar-refractivity contribution in [2.45, 2.75) is 26.5 Å². The first kappa shape index (κ1) is 22.7. The lowest BCUT2D eigenvalue weighted by atomic mass is 10.2. The van der Waals surface area contributed by atoms with E-state index in [9.17, 15) is 0 Å². The van der Waals surface area contributed by atoms with Crippen LogP contribution < -0.4 is 9.64 Å². The fourth-order valence-corrected chi connectivity index (χ4v) is 4.69. The third-order valence-electron chi connectivity index (χ3n) is 6.44. The SMILES string of the molecule is Cc1cccc2c1nc(COc1ccc(Cl)cc1)n2CCCN1CCN(c2ccccn2)CC1. The summed E-state index contributed by atoms with van der Waals surface area (Å²) < 4.78 is 8.37. The van der Waals surface area contributed by atoms with E-state index in [-0.39, 0.29) is 0 Å². The van der Waals surface area contributed by atoms with Gasteiger partial charge in [0.25, 0.3) is 0 Å². The van der Waals surface area contributed by atoms with Gasteiger partial charge in [0.05, 0.1) is 11.0 Å². The van der Waals surface area contributed by atoms with E-state index < -0.39 is 0 Å². The predicted molar refractivity (Wildman–Crippen MR) is 138 cm³/mol. The summed E-state index contributed by atoms with van der Waals surface area (Å²) in [5, 5.41) is 0.705. The van der Waals surface area contributed by atoms with Crippen molar-refractivity contribution in [3.63, 3.8) is 0 Å². The van der Waals surface area contributed by atoms with Gasteiger partial charge in [0.15, 0.2) is 0 Å². The molecular formula is C27H30ClN5O. The van der Waals surface area contributed by atoms with Crippen LogP contribution >= 0.6 is 11.6 Å². The van der Waals surface area contributed by atoms with E-state index in [4.69, 9.17) is 21.3 Å². The van der Waals surface area contributed by atoms with Crippen molar-refractivity contribution in [2.24, 2.45) is 0 Å². The largest absolute Gasteiger partial charge is 0.486 e. The Hall–Kier alpha value is -3.09. The van der Waals surface area contributed by atoms with Crippen LogP contribution in [0.1, 0.15) is 17.8 Å². The molecule has 1 aliphatic rings. The molecule has 1 aliphatic heterocycles. The molecule has 0 unspecified atom stereocenters. The highest BCUT2D eigenvalue weighted by atomic mass is 35.5. The minimum Gasteiger partial charge on any atom is -0.486 e. The third-order valence-corrected chi connectivity index (χ3v) is 6.69. The first-order valence-electron chi connectivity index (χ1n) is 11.9. The maximum Gasteiger partial charge on any atom is 0.148 e. The standard InChI is InChI=1S/C27H30ClN5O/c1-21-6-4-7-24-27(21)30-26(20-34-23-11-9-22(28)10-12-23)33(24)15-5-14-31-16-18-32(19-17-31)25-8-2-3-13-29-25/h2-4,6-13H,5,14-20H2,1H3. The van der Waals surface area contributed by atoms with Crippen molar-refractivity contribution >= 4 is 28.5 Å². The molecule has 0 saturated carbocycles. The summed E-state index contributed by atoms with van der Waals surface area (Å²) in [6.07, 6.45) is 2.93. The number of hydrogen-bond donors (Lipinski definition) is 0. The van der Waals surface area contributed by atoms with Crippen LogP contribution in [0.2, 0.25) is 5.02 Å². The highest BCUT2D eigenvalue weighted by Crippen LogP contribution is 2.23. The number of aromatic nitrogens is 3. The van der Waals surface area contributed by atoms with Crippen molar-refractivity contribution in [3.8, 4) is 5.75 Å². The van der Waals surface area contributed by atoms with E-state index in [1.54, 1.807) is 0 Å². The molecule has 6 nitrogen and oxygen atoms in total. The molecule has 4 aromatic rings. The molecule has 0 amide bonds. The lowest BCUT2D eigenvalue weighted by Crippen LogP contribution is -2.47. The van der Waals surface area contributed by atoms with Crippen molar-refractivity contribution in [1.82, 2.24) is 19.4 Å². The van der Waals surface area contributed by atoms with Crippen LogP contribution in [0, 0.1) is 6.92 Å². The summed E-state index contributed by atoms with van der Waals surface area (Å²) in [6, 6.07) is 20.0. The lowest BCUT2D eigenvalue weighted by molar-refractivity contribution is 0.247. The van der Waals surface area contributed by atoms with Crippen molar-refractivity contribution < 1.29 is 4.74 Å². The fraction of sp³-hybridized carbons (Fsp3) is 0.333. The molecule has 2 aromatic heterocycles. The number of ether oxygens (including phenoxy) is 1. The third kappa shape index (κ3) is 5.18. The zero-order chi connectivity index (χ0) is 23.3. The van der Waals surface area contributed by atoms with Crippen molar-refractivity contribution in [2.75, 3.05) is 37.6 Å². The van der Waals surface area contributed by atoms with Crippen LogP contribution in [0.15, 0.2) is 66.9 Å². The van der Waals surface area contributed by atoms with E-state index >= 15 is 0 Å². The van der Waals surface area contributed by atoms with Gasteiger partial charge in [-0.1, -0.05) is 29.8 Å². The van der Waals surface area contributed by atoms with Gasteiger partial charge >= 0.3 is 0 Å². The van der Waals surface area contributed by atoms with Crippen LogP contribution in [0.25, 0.3) is 11.0 Å². The molecule has 1 saturated heterocycles. The van der Waals surface area contributed by atoms with E-state index in [1.807, 2.05) is 36.5 Å². The monoisotopic (exact) mass is 475 g/mol. The molecule has 0 spiro atoms. The minimum absolute atomic E-state index is 0.429. The Morgan fingerprint density at radius 2 is 1.74 bits per heavy atom. The number of nitrogens with zero attached hydrogens (tertiary/aromatic N) is 5. The highest BCUT2D eigenvalue weighted by Gasteiger charge is 2.18. The number of imidazole rings is 1. The maximum atomic E-state index is 6.04. The van der Waals surface area contributed by atoms with Crippen LogP contribution in [-0.2, 0) is 13.2 Å². The molecular weight excluding hydrogens is 446 g/mol. The summed E-state index contributed by atoms with van der Waals surface area (Å²) >= 11 is 6.00. The smallest absolute Gasteiger partial charge is 0.148 e. The summed E-state index contributed by atoms with van der Waals surface area (Å²) in [7, 11) is 0. The van der Waals surface area contributed by atoms with Gasteiger partial charge in [-0.25, -0.2) is 9.97 Å². The van der Waals surface area contributed by atoms with Gasteiger partial charge in [-0.15, -0.1) is 0 Å². The van der Waals surface area contributed by atoms with E-state index in [1.165, 1.54) is 11.1 Å². The zero-order valence-electron chi connectivity index (χ0n) is 19.5. The van der Waals surface area contributed by atoms with Crippen LogP contribution in [0.4, 0.5) is 5.82 Å². The Bertz CT molecular complexity index is 1220. The first-order valence-corrected chi connectivity index (χ1v) is 12.3. The molecule has 0 aliphatic carbocycles. The van der Waals surface area contributed by atoms with E-state index in [0.717, 1.165) is 68.6 Å². The number of pyridine rings is 1. The number of anilines is 1. The van der Waals surface area contributed by atoms with Gasteiger partial charge < -0.3 is 14.2 Å². The maximum absolute atomic E-state index is 6.04. The number of benzene rings is 2. The first-order chi connectivity index (χ1) is 16.7. The normalized spacial score (nSPS) is 14.6. The molecule has 0 bridgehead atoms. The number of aryl methyl sites for hydroxylation is 2. The van der Waals surface area contributed by atoms with Crippen LogP contribution in [0.5, 0.6) is 5.75 Å². The molecule has 176 valence electrons. The average Bonchev–Trinajstić information content (AvgIpc) is 3.23. The van der Waals surface area contributed by atoms with Crippen LogP contribution in [0.3, 0.4) is 0 Å². The number of halogens is 1. The topological polar surface area (TPSA) is 46.4 Å². The summed E-state index contributed by atoms with van der Waals surface area (Å²) in [6.45, 7) is 8.69. The number of fused-ring (bicyclic) bond motifs is 1. The molecule has 2 aromatic carbocycles. The van der Waals surface area contributed by atoms with Gasteiger partial charge in [0.1, 0.15) is 24.0 Å². The number of piperazine rings is 1. The quantitative estimate of drug-likeness (QED) is 0.351. The molecule has 0 N–H and O–H groups in total. The van der Waals surface area contributed by atoms with Crippen molar-refractivity contribution in [1.29, 1.82) is 0 Å². The fourth-order valence-electron chi connectivity index (χ4n) is 4.57. The Balaban J connectivity index is 1.22. The average molecular weight is 476 g/mol. The number of hydrogen-bond acceptors (Lipinski definition) is 5. The molecule has 7 heteroatoms. The minimum atomic E-state index is 0.429. The predicted octanol–water partition coefficient (Wildman–Crippen LogP) is 5.18. The van der Waals surface area contributed by atoms with E-state index in [2.05, 4.69) is 56.6 Å². The van der Waals surface area contributed by atoms with Gasteiger partial charge in [-0.05, 0) is 67.9 Å². The molecule has 3 heterocycles. The summed E-state index contributed by atoms with van der Waals surface area (Å²) in [5.41, 5.74) is 3.42. The van der Waals surface area contributed by atoms with Gasteiger partial charge in [0, 0.05) is 43.9 Å². The van der Waals surface area contributed by atoms with Gasteiger partial charge in [0.2, 0.25) is 0 Å². The lowest BCUT2D eigenvalue weighted by Gasteiger charge is -2.35. The van der Waals surface area contributed by atoms with E-state index in [0.29, 0.717) is 11.6 Å². The summed E-state index contributed by atoms with van der Waals surface area (Å²) in [4.78, 5) is 14.3. The molecule has 34 heavy (non-hydrogen) atoms. The summed E-state index contributed by atoms with van der Waals surface area (Å²) in [5.74, 6) is 2.83. The van der Waals surface area contributed by atoms with Gasteiger partial charge in [-0.3, -0.25) is 4.90 Å². The van der Waals surface area contributed by atoms with Crippen LogP contribution in [-0.4, -0.2) is 52.2 Å². The molecule has 5 rings (SSSR count). The second-order valence-electron chi connectivity index (χ2n) is 8.74. The second kappa shape index (κ2) is 10.5. The molecule has 1 fully saturated rings. The number of rotatable bonds is 8. The Labute approximate surface area is 205 Å². The second-order valence-corrected chi connectivity index (χ2v) is 9.17. The van der Waals surface area contributed by atoms with Gasteiger partial charge in [-0.2, -0.15) is 0 Å². The van der Waals surface area contributed by atoms with Crippen molar-refractivity contribution in [3.05, 3.63) is 83.3 Å². The highest BCUT2D eigenvalue weighted by molar-refractivity contribution is 6.30. The Morgan fingerprint density at radius 1 is 0.912 bits per heavy atom.